The van der Waals surface area contributed by atoms with Crippen LogP contribution >= 0.6 is 11.6 Å². The largest absolute Gasteiger partial charge is 0.343 e. The number of carbonyl (C=O) groups is 2. The average Bonchev–Trinajstić information content (AvgIpc) is 2.49. The summed E-state index contributed by atoms with van der Waals surface area (Å²) in [7, 11) is 0. The van der Waals surface area contributed by atoms with E-state index in [0.717, 1.165) is 16.8 Å². The third kappa shape index (κ3) is 4.09. The smallest absolute Gasteiger partial charge is 0.251 e. The summed E-state index contributed by atoms with van der Waals surface area (Å²) in [6.07, 6.45) is 0. The van der Waals surface area contributed by atoms with Crippen LogP contribution < -0.4 is 10.6 Å². The summed E-state index contributed by atoms with van der Waals surface area (Å²) in [6, 6.07) is 12.3. The van der Waals surface area contributed by atoms with Crippen molar-refractivity contribution in [3.05, 3.63) is 64.2 Å². The van der Waals surface area contributed by atoms with Gasteiger partial charge in [0.1, 0.15) is 0 Å². The maximum atomic E-state index is 11.9. The molecule has 0 aliphatic rings. The molecular formula is C17H17ClN2O2. The van der Waals surface area contributed by atoms with Crippen molar-refractivity contribution >= 4 is 29.1 Å². The number of carbonyl (C=O) groups excluding carboxylic acids is 2. The van der Waals surface area contributed by atoms with E-state index in [-0.39, 0.29) is 18.4 Å². The molecule has 114 valence electrons. The minimum absolute atomic E-state index is 0.0985. The first-order valence-electron chi connectivity index (χ1n) is 6.87. The van der Waals surface area contributed by atoms with Crippen molar-refractivity contribution in [2.45, 2.75) is 13.8 Å². The molecule has 0 bridgehead atoms. The van der Waals surface area contributed by atoms with E-state index >= 15 is 0 Å². The molecule has 5 heteroatoms. The molecule has 0 saturated carbocycles. The van der Waals surface area contributed by atoms with Crippen LogP contribution in [0, 0.1) is 13.8 Å². The van der Waals surface area contributed by atoms with E-state index in [4.69, 9.17) is 11.6 Å². The number of anilines is 1. The van der Waals surface area contributed by atoms with Crippen LogP contribution in [-0.2, 0) is 4.79 Å². The third-order valence-electron chi connectivity index (χ3n) is 3.38. The highest BCUT2D eigenvalue weighted by molar-refractivity contribution is 6.31. The van der Waals surface area contributed by atoms with Crippen LogP contribution in [0.25, 0.3) is 0 Å². The maximum Gasteiger partial charge on any atom is 0.251 e. The molecule has 0 heterocycles. The molecule has 0 fully saturated rings. The van der Waals surface area contributed by atoms with Crippen LogP contribution in [0.1, 0.15) is 21.5 Å². The van der Waals surface area contributed by atoms with Gasteiger partial charge in [-0.2, -0.15) is 0 Å². The fourth-order valence-corrected chi connectivity index (χ4v) is 2.16. The van der Waals surface area contributed by atoms with Gasteiger partial charge in [0.2, 0.25) is 5.91 Å². The molecule has 0 unspecified atom stereocenters. The Labute approximate surface area is 134 Å². The molecule has 0 aliphatic heterocycles. The Balaban J connectivity index is 1.93. The second kappa shape index (κ2) is 7.09. The van der Waals surface area contributed by atoms with E-state index in [1.54, 1.807) is 24.3 Å². The SMILES string of the molecule is Cc1cccc(NC(=O)CNC(=O)c2cccc(Cl)c2)c1C. The Kier molecular flexibility index (Phi) is 5.17. The van der Waals surface area contributed by atoms with Crippen LogP contribution in [0.3, 0.4) is 0 Å². The first kappa shape index (κ1) is 16.0. The van der Waals surface area contributed by atoms with Gasteiger partial charge in [0.25, 0.3) is 5.91 Å². The molecule has 22 heavy (non-hydrogen) atoms. The Morgan fingerprint density at radius 1 is 1.09 bits per heavy atom. The van der Waals surface area contributed by atoms with Gasteiger partial charge in [-0.3, -0.25) is 9.59 Å². The summed E-state index contributed by atoms with van der Waals surface area (Å²) in [4.78, 5) is 23.9. The van der Waals surface area contributed by atoms with Crippen molar-refractivity contribution in [1.82, 2.24) is 5.32 Å². The standard InChI is InChI=1S/C17H17ClN2O2/c1-11-5-3-8-15(12(11)2)20-16(21)10-19-17(22)13-6-4-7-14(18)9-13/h3-9H,10H2,1-2H3,(H,19,22)(H,20,21). The molecule has 0 atom stereocenters. The Morgan fingerprint density at radius 3 is 2.55 bits per heavy atom. The molecule has 0 aromatic heterocycles. The fraction of sp³-hybridized carbons (Fsp3) is 0.176. The van der Waals surface area contributed by atoms with Gasteiger partial charge in [-0.05, 0) is 49.2 Å². The zero-order valence-electron chi connectivity index (χ0n) is 12.4. The number of aryl methyl sites for hydroxylation is 1. The molecular weight excluding hydrogens is 300 g/mol. The van der Waals surface area contributed by atoms with Gasteiger partial charge in [-0.25, -0.2) is 0 Å². The van der Waals surface area contributed by atoms with E-state index in [2.05, 4.69) is 10.6 Å². The number of halogens is 1. The quantitative estimate of drug-likeness (QED) is 0.909. The van der Waals surface area contributed by atoms with Crippen molar-refractivity contribution < 1.29 is 9.59 Å². The van der Waals surface area contributed by atoms with Crippen LogP contribution in [0.2, 0.25) is 5.02 Å². The zero-order chi connectivity index (χ0) is 16.1. The molecule has 4 nitrogen and oxygen atoms in total. The minimum Gasteiger partial charge on any atom is -0.343 e. The van der Waals surface area contributed by atoms with Gasteiger partial charge in [-0.1, -0.05) is 29.8 Å². The lowest BCUT2D eigenvalue weighted by molar-refractivity contribution is -0.115. The molecule has 0 spiro atoms. The normalized spacial score (nSPS) is 10.1. The summed E-state index contributed by atoms with van der Waals surface area (Å²) in [5.74, 6) is -0.609. The summed E-state index contributed by atoms with van der Waals surface area (Å²) in [5, 5.41) is 5.84. The second-order valence-electron chi connectivity index (χ2n) is 4.99. The van der Waals surface area contributed by atoms with E-state index in [1.807, 2.05) is 32.0 Å². The predicted molar refractivity (Wildman–Crippen MR) is 88.3 cm³/mol. The van der Waals surface area contributed by atoms with Gasteiger partial charge >= 0.3 is 0 Å². The lowest BCUT2D eigenvalue weighted by Crippen LogP contribution is -2.33. The molecule has 0 radical (unpaired) electrons. The molecule has 2 N–H and O–H groups in total. The van der Waals surface area contributed by atoms with Crippen molar-refractivity contribution in [1.29, 1.82) is 0 Å². The topological polar surface area (TPSA) is 58.2 Å². The molecule has 0 saturated heterocycles. The minimum atomic E-state index is -0.335. The number of nitrogens with one attached hydrogen (secondary N) is 2. The summed E-state index contributed by atoms with van der Waals surface area (Å²) >= 11 is 5.83. The highest BCUT2D eigenvalue weighted by Crippen LogP contribution is 2.17. The highest BCUT2D eigenvalue weighted by Gasteiger charge is 2.09. The third-order valence-corrected chi connectivity index (χ3v) is 3.61. The number of hydrogen-bond donors (Lipinski definition) is 2. The average molecular weight is 317 g/mol. The van der Waals surface area contributed by atoms with Crippen molar-refractivity contribution in [2.24, 2.45) is 0 Å². The molecule has 2 amide bonds. The number of hydrogen-bond acceptors (Lipinski definition) is 2. The lowest BCUT2D eigenvalue weighted by atomic mass is 10.1. The fourth-order valence-electron chi connectivity index (χ4n) is 1.97. The first-order chi connectivity index (χ1) is 10.5. The van der Waals surface area contributed by atoms with E-state index < -0.39 is 0 Å². The maximum absolute atomic E-state index is 11.9. The second-order valence-corrected chi connectivity index (χ2v) is 5.43. The molecule has 0 aliphatic carbocycles. The van der Waals surface area contributed by atoms with Crippen LogP contribution in [0.4, 0.5) is 5.69 Å². The first-order valence-corrected chi connectivity index (χ1v) is 7.25. The van der Waals surface area contributed by atoms with E-state index in [9.17, 15) is 9.59 Å². The van der Waals surface area contributed by atoms with Crippen LogP contribution in [0.15, 0.2) is 42.5 Å². The number of rotatable bonds is 4. The van der Waals surface area contributed by atoms with E-state index in [0.29, 0.717) is 10.6 Å². The van der Waals surface area contributed by atoms with Crippen molar-refractivity contribution in [3.63, 3.8) is 0 Å². The van der Waals surface area contributed by atoms with Crippen LogP contribution in [0.5, 0.6) is 0 Å². The summed E-state index contributed by atoms with van der Waals surface area (Å²) in [6.45, 7) is 3.82. The Morgan fingerprint density at radius 2 is 1.82 bits per heavy atom. The molecule has 2 rings (SSSR count). The zero-order valence-corrected chi connectivity index (χ0v) is 13.2. The number of benzene rings is 2. The predicted octanol–water partition coefficient (Wildman–Crippen LogP) is 3.33. The Hall–Kier alpha value is -2.33. The summed E-state index contributed by atoms with van der Waals surface area (Å²) in [5.41, 5.74) is 3.28. The molecule has 2 aromatic carbocycles. The number of amides is 2. The van der Waals surface area contributed by atoms with E-state index in [1.165, 1.54) is 0 Å². The lowest BCUT2D eigenvalue weighted by Gasteiger charge is -2.11. The van der Waals surface area contributed by atoms with Gasteiger partial charge < -0.3 is 10.6 Å². The van der Waals surface area contributed by atoms with Crippen molar-refractivity contribution in [3.8, 4) is 0 Å². The molecule has 2 aromatic rings. The van der Waals surface area contributed by atoms with Gasteiger partial charge in [-0.15, -0.1) is 0 Å². The van der Waals surface area contributed by atoms with Crippen molar-refractivity contribution in [2.75, 3.05) is 11.9 Å². The van der Waals surface area contributed by atoms with Crippen LogP contribution in [-0.4, -0.2) is 18.4 Å². The Bertz CT molecular complexity index is 714. The van der Waals surface area contributed by atoms with Gasteiger partial charge in [0, 0.05) is 16.3 Å². The monoisotopic (exact) mass is 316 g/mol. The van der Waals surface area contributed by atoms with Gasteiger partial charge in [0.15, 0.2) is 0 Å². The highest BCUT2D eigenvalue weighted by atomic mass is 35.5. The summed E-state index contributed by atoms with van der Waals surface area (Å²) < 4.78 is 0. The van der Waals surface area contributed by atoms with Gasteiger partial charge in [0.05, 0.1) is 6.54 Å².